The number of aryl methyl sites for hydroxylation is 2. The van der Waals surface area contributed by atoms with Crippen molar-refractivity contribution in [3.05, 3.63) is 46.2 Å². The second-order valence-electron chi connectivity index (χ2n) is 5.44. The van der Waals surface area contributed by atoms with Crippen molar-refractivity contribution in [2.24, 2.45) is 7.05 Å². The van der Waals surface area contributed by atoms with Gasteiger partial charge >= 0.3 is 0 Å². The summed E-state index contributed by atoms with van der Waals surface area (Å²) in [5, 5.41) is 4.72. The zero-order valence-corrected chi connectivity index (χ0v) is 13.6. The van der Waals surface area contributed by atoms with Gasteiger partial charge < -0.3 is 4.57 Å². The van der Waals surface area contributed by atoms with Crippen molar-refractivity contribution in [3.63, 3.8) is 0 Å². The van der Waals surface area contributed by atoms with Gasteiger partial charge in [0.1, 0.15) is 10.8 Å². The molecule has 21 heavy (non-hydrogen) atoms. The van der Waals surface area contributed by atoms with Crippen LogP contribution in [0.4, 0.5) is 0 Å². The predicted octanol–water partition coefficient (Wildman–Crippen LogP) is 3.75. The number of hydrogen-bond donors (Lipinski definition) is 1. The largest absolute Gasteiger partial charge is 0.330 e. The number of fused-ring (bicyclic) bond motifs is 1. The van der Waals surface area contributed by atoms with E-state index in [-0.39, 0.29) is 12.1 Å². The smallest absolute Gasteiger partial charge is 0.126 e. The highest BCUT2D eigenvalue weighted by Gasteiger charge is 2.18. The number of para-hydroxylation sites is 2. The number of benzene rings is 1. The molecular weight excluding hydrogens is 280 g/mol. The Morgan fingerprint density at radius 3 is 2.62 bits per heavy atom. The Kier molecular flexibility index (Phi) is 3.78. The molecule has 1 aromatic carbocycles. The van der Waals surface area contributed by atoms with Gasteiger partial charge in [-0.15, -0.1) is 11.3 Å². The molecule has 0 fully saturated rings. The Hall–Kier alpha value is -1.72. The number of imidazole rings is 1. The van der Waals surface area contributed by atoms with E-state index in [1.54, 1.807) is 11.3 Å². The van der Waals surface area contributed by atoms with Crippen molar-refractivity contribution >= 4 is 22.4 Å². The number of hydrogen-bond acceptors (Lipinski definition) is 4. The van der Waals surface area contributed by atoms with Gasteiger partial charge in [0.15, 0.2) is 0 Å². The van der Waals surface area contributed by atoms with Crippen molar-refractivity contribution in [2.45, 2.75) is 32.9 Å². The van der Waals surface area contributed by atoms with E-state index >= 15 is 0 Å². The van der Waals surface area contributed by atoms with Crippen molar-refractivity contribution < 1.29 is 0 Å². The highest BCUT2D eigenvalue weighted by Crippen LogP contribution is 2.24. The molecule has 0 bridgehead atoms. The molecule has 2 unspecified atom stereocenters. The summed E-state index contributed by atoms with van der Waals surface area (Å²) < 4.78 is 2.16. The molecule has 0 radical (unpaired) electrons. The van der Waals surface area contributed by atoms with E-state index in [0.717, 1.165) is 16.3 Å². The van der Waals surface area contributed by atoms with Crippen LogP contribution in [0.5, 0.6) is 0 Å². The SMILES string of the molecule is Cc1cnc(C(C)NC(C)c2nc3ccccc3n2C)s1. The predicted molar refractivity (Wildman–Crippen MR) is 87.5 cm³/mol. The molecule has 3 aromatic rings. The third kappa shape index (κ3) is 2.71. The second-order valence-corrected chi connectivity index (χ2v) is 6.70. The van der Waals surface area contributed by atoms with Crippen LogP contribution in [-0.2, 0) is 7.05 Å². The first-order chi connectivity index (χ1) is 10.1. The van der Waals surface area contributed by atoms with E-state index in [1.165, 1.54) is 10.4 Å². The summed E-state index contributed by atoms with van der Waals surface area (Å²) in [6, 6.07) is 8.62. The fourth-order valence-electron chi connectivity index (χ4n) is 2.64. The Balaban J connectivity index is 1.83. The van der Waals surface area contributed by atoms with Gasteiger partial charge in [-0.05, 0) is 32.9 Å². The van der Waals surface area contributed by atoms with Gasteiger partial charge in [0, 0.05) is 18.1 Å². The minimum Gasteiger partial charge on any atom is -0.330 e. The molecule has 0 aliphatic rings. The van der Waals surface area contributed by atoms with Crippen molar-refractivity contribution in [3.8, 4) is 0 Å². The molecule has 0 aliphatic heterocycles. The molecule has 3 rings (SSSR count). The third-order valence-electron chi connectivity index (χ3n) is 3.72. The van der Waals surface area contributed by atoms with Crippen LogP contribution >= 0.6 is 11.3 Å². The van der Waals surface area contributed by atoms with E-state index in [2.05, 4.69) is 54.8 Å². The second kappa shape index (κ2) is 5.58. The van der Waals surface area contributed by atoms with Gasteiger partial charge in [-0.1, -0.05) is 12.1 Å². The monoisotopic (exact) mass is 300 g/mol. The number of nitrogens with one attached hydrogen (secondary N) is 1. The summed E-state index contributed by atoms with van der Waals surface area (Å²) in [5.41, 5.74) is 2.21. The lowest BCUT2D eigenvalue weighted by Crippen LogP contribution is -2.24. The highest BCUT2D eigenvalue weighted by molar-refractivity contribution is 7.11. The molecule has 0 saturated heterocycles. The first-order valence-corrected chi connectivity index (χ1v) is 7.97. The lowest BCUT2D eigenvalue weighted by atomic mass is 10.2. The summed E-state index contributed by atoms with van der Waals surface area (Å²) in [4.78, 5) is 10.4. The van der Waals surface area contributed by atoms with Crippen molar-refractivity contribution in [2.75, 3.05) is 0 Å². The summed E-state index contributed by atoms with van der Waals surface area (Å²) >= 11 is 1.74. The fourth-order valence-corrected chi connectivity index (χ4v) is 3.43. The Labute approximate surface area is 128 Å². The zero-order chi connectivity index (χ0) is 15.0. The minimum absolute atomic E-state index is 0.168. The highest BCUT2D eigenvalue weighted by atomic mass is 32.1. The van der Waals surface area contributed by atoms with Gasteiger partial charge in [-0.2, -0.15) is 0 Å². The number of rotatable bonds is 4. The Morgan fingerprint density at radius 1 is 1.19 bits per heavy atom. The molecule has 2 aromatic heterocycles. The molecule has 0 spiro atoms. The first-order valence-electron chi connectivity index (χ1n) is 7.16. The first kappa shape index (κ1) is 14.2. The Morgan fingerprint density at radius 2 is 1.95 bits per heavy atom. The summed E-state index contributed by atoms with van der Waals surface area (Å²) in [6.45, 7) is 6.39. The normalized spacial score (nSPS) is 14.5. The van der Waals surface area contributed by atoms with Gasteiger partial charge in [0.25, 0.3) is 0 Å². The zero-order valence-electron chi connectivity index (χ0n) is 12.8. The van der Waals surface area contributed by atoms with E-state index in [9.17, 15) is 0 Å². The molecule has 0 aliphatic carbocycles. The van der Waals surface area contributed by atoms with Crippen LogP contribution in [0.25, 0.3) is 11.0 Å². The van der Waals surface area contributed by atoms with E-state index < -0.39 is 0 Å². The van der Waals surface area contributed by atoms with Crippen molar-refractivity contribution in [1.29, 1.82) is 0 Å². The van der Waals surface area contributed by atoms with Crippen LogP contribution in [0, 0.1) is 6.92 Å². The average Bonchev–Trinajstić information content (AvgIpc) is 3.04. The van der Waals surface area contributed by atoms with E-state index in [0.29, 0.717) is 0 Å². The molecular formula is C16H20N4S. The van der Waals surface area contributed by atoms with Crippen LogP contribution in [-0.4, -0.2) is 14.5 Å². The van der Waals surface area contributed by atoms with Gasteiger partial charge in [0.05, 0.1) is 23.1 Å². The number of aromatic nitrogens is 3. The van der Waals surface area contributed by atoms with Crippen LogP contribution in [0.2, 0.25) is 0 Å². The molecule has 0 saturated carbocycles. The minimum atomic E-state index is 0.168. The standard InChI is InChI=1S/C16H20N4S/c1-10-9-17-16(21-10)12(3)18-11(2)15-19-13-7-5-6-8-14(13)20(15)4/h5-9,11-12,18H,1-4H3. The molecule has 2 atom stereocenters. The van der Waals surface area contributed by atoms with E-state index in [1.807, 2.05) is 18.3 Å². The topological polar surface area (TPSA) is 42.7 Å². The van der Waals surface area contributed by atoms with Crippen LogP contribution < -0.4 is 5.32 Å². The van der Waals surface area contributed by atoms with Crippen molar-refractivity contribution in [1.82, 2.24) is 19.9 Å². The van der Waals surface area contributed by atoms with E-state index in [4.69, 9.17) is 4.98 Å². The molecule has 2 heterocycles. The summed E-state index contributed by atoms with van der Waals surface area (Å²) in [6.07, 6.45) is 1.93. The van der Waals surface area contributed by atoms with Crippen LogP contribution in [0.15, 0.2) is 30.5 Å². The quantitative estimate of drug-likeness (QED) is 0.798. The maximum absolute atomic E-state index is 4.75. The number of thiazole rings is 1. The fraction of sp³-hybridized carbons (Fsp3) is 0.375. The molecule has 0 amide bonds. The molecule has 5 heteroatoms. The maximum Gasteiger partial charge on any atom is 0.126 e. The lowest BCUT2D eigenvalue weighted by molar-refractivity contribution is 0.467. The van der Waals surface area contributed by atoms with Gasteiger partial charge in [-0.25, -0.2) is 9.97 Å². The summed E-state index contributed by atoms with van der Waals surface area (Å²) in [7, 11) is 2.07. The van der Waals surface area contributed by atoms with Gasteiger partial charge in [0.2, 0.25) is 0 Å². The average molecular weight is 300 g/mol. The third-order valence-corrected chi connectivity index (χ3v) is 4.81. The Bertz CT molecular complexity index is 759. The molecule has 110 valence electrons. The van der Waals surface area contributed by atoms with Crippen LogP contribution in [0.1, 0.15) is 41.6 Å². The maximum atomic E-state index is 4.75. The summed E-state index contributed by atoms with van der Waals surface area (Å²) in [5.74, 6) is 1.05. The molecule has 1 N–H and O–H groups in total. The lowest BCUT2D eigenvalue weighted by Gasteiger charge is -2.18. The van der Waals surface area contributed by atoms with Gasteiger partial charge in [-0.3, -0.25) is 5.32 Å². The van der Waals surface area contributed by atoms with Crippen LogP contribution in [0.3, 0.4) is 0 Å². The molecule has 4 nitrogen and oxygen atoms in total. The number of nitrogens with zero attached hydrogens (tertiary/aromatic N) is 3.